The number of imide groups is 1. The summed E-state index contributed by atoms with van der Waals surface area (Å²) in [5.41, 5.74) is 2.61. The predicted molar refractivity (Wildman–Crippen MR) is 50.1 cm³/mol. The van der Waals surface area contributed by atoms with Crippen LogP contribution in [0.2, 0.25) is 0 Å². The summed E-state index contributed by atoms with van der Waals surface area (Å²) in [7, 11) is 1.48. The normalized spacial score (nSPS) is 22.6. The van der Waals surface area contributed by atoms with Crippen molar-refractivity contribution in [3.63, 3.8) is 0 Å². The summed E-state index contributed by atoms with van der Waals surface area (Å²) in [6.45, 7) is 4.55. The summed E-state index contributed by atoms with van der Waals surface area (Å²) < 4.78 is 0. The number of nitrogens with one attached hydrogen (secondary N) is 1. The van der Waals surface area contributed by atoms with Crippen molar-refractivity contribution in [3.8, 4) is 0 Å². The highest BCUT2D eigenvalue weighted by Gasteiger charge is 2.36. The first-order valence-corrected chi connectivity index (χ1v) is 4.70. The Bertz CT molecular complexity index is 240. The van der Waals surface area contributed by atoms with Gasteiger partial charge in [0.15, 0.2) is 0 Å². The summed E-state index contributed by atoms with van der Waals surface area (Å²) in [5, 5.41) is 0. The van der Waals surface area contributed by atoms with E-state index in [0.717, 1.165) is 4.90 Å². The Labute approximate surface area is 83.4 Å². The Balaban J connectivity index is 2.33. The van der Waals surface area contributed by atoms with Gasteiger partial charge in [0.2, 0.25) is 11.8 Å². The molecule has 0 aliphatic carbocycles. The molecule has 0 spiro atoms. The van der Waals surface area contributed by atoms with E-state index in [1.165, 1.54) is 7.05 Å². The molecular weight excluding hydrogens is 184 g/mol. The van der Waals surface area contributed by atoms with Crippen LogP contribution in [0, 0.1) is 5.92 Å². The lowest BCUT2D eigenvalue weighted by Crippen LogP contribution is -2.37. The fourth-order valence-electron chi connectivity index (χ4n) is 1.16. The van der Waals surface area contributed by atoms with E-state index in [4.69, 9.17) is 4.84 Å². The smallest absolute Gasteiger partial charge is 0.248 e. The zero-order valence-electron chi connectivity index (χ0n) is 8.74. The van der Waals surface area contributed by atoms with Gasteiger partial charge in [0.25, 0.3) is 0 Å². The summed E-state index contributed by atoms with van der Waals surface area (Å²) >= 11 is 0. The minimum absolute atomic E-state index is 0.166. The first kappa shape index (κ1) is 11.1. The van der Waals surface area contributed by atoms with E-state index in [1.807, 2.05) is 13.8 Å². The van der Waals surface area contributed by atoms with Crippen molar-refractivity contribution < 1.29 is 14.4 Å². The lowest BCUT2D eigenvalue weighted by Gasteiger charge is -2.12. The molecule has 1 fully saturated rings. The van der Waals surface area contributed by atoms with Gasteiger partial charge in [-0.25, -0.2) is 0 Å². The van der Waals surface area contributed by atoms with Crippen molar-refractivity contribution in [1.82, 2.24) is 10.4 Å². The average molecular weight is 200 g/mol. The zero-order valence-corrected chi connectivity index (χ0v) is 8.74. The molecule has 0 bridgehead atoms. The third-order valence-corrected chi connectivity index (χ3v) is 2.02. The van der Waals surface area contributed by atoms with Gasteiger partial charge in [-0.05, 0) is 5.92 Å². The summed E-state index contributed by atoms with van der Waals surface area (Å²) in [6, 6.07) is -0.508. The third kappa shape index (κ3) is 2.52. The van der Waals surface area contributed by atoms with E-state index in [2.05, 4.69) is 5.48 Å². The van der Waals surface area contributed by atoms with Crippen LogP contribution in [-0.2, 0) is 14.4 Å². The topological polar surface area (TPSA) is 58.6 Å². The van der Waals surface area contributed by atoms with Crippen molar-refractivity contribution in [2.45, 2.75) is 26.3 Å². The number of hydroxylamine groups is 1. The van der Waals surface area contributed by atoms with Crippen molar-refractivity contribution in [3.05, 3.63) is 0 Å². The molecule has 5 nitrogen and oxygen atoms in total. The highest BCUT2D eigenvalue weighted by Crippen LogP contribution is 2.10. The fourth-order valence-corrected chi connectivity index (χ4v) is 1.16. The van der Waals surface area contributed by atoms with Crippen LogP contribution in [0.15, 0.2) is 0 Å². The standard InChI is InChI=1S/C9H16N2O3/c1-6(2)5-14-10-7-4-8(12)11(3)9(7)13/h6-7,10H,4-5H2,1-3H3. The first-order chi connectivity index (χ1) is 6.52. The van der Waals surface area contributed by atoms with Crippen molar-refractivity contribution in [2.24, 2.45) is 5.92 Å². The first-order valence-electron chi connectivity index (χ1n) is 4.70. The van der Waals surface area contributed by atoms with Crippen LogP contribution < -0.4 is 5.48 Å². The molecule has 0 aromatic carbocycles. The van der Waals surface area contributed by atoms with Crippen molar-refractivity contribution in [1.29, 1.82) is 0 Å². The SMILES string of the molecule is CC(C)CONC1CC(=O)N(C)C1=O. The number of likely N-dealkylation sites (N-methyl/N-ethyl adjacent to an activating group) is 1. The van der Waals surface area contributed by atoms with E-state index < -0.39 is 6.04 Å². The Morgan fingerprint density at radius 1 is 1.57 bits per heavy atom. The summed E-state index contributed by atoms with van der Waals surface area (Å²) in [6.07, 6.45) is 0.188. The Morgan fingerprint density at radius 2 is 2.21 bits per heavy atom. The maximum atomic E-state index is 11.4. The number of hydrogen-bond donors (Lipinski definition) is 1. The van der Waals surface area contributed by atoms with E-state index in [1.54, 1.807) is 0 Å². The Morgan fingerprint density at radius 3 is 2.64 bits per heavy atom. The highest BCUT2D eigenvalue weighted by molar-refractivity contribution is 6.05. The largest absolute Gasteiger partial charge is 0.301 e. The lowest BCUT2D eigenvalue weighted by atomic mass is 10.2. The molecule has 0 aromatic rings. The minimum atomic E-state index is -0.508. The molecule has 5 heteroatoms. The average Bonchev–Trinajstić information content (AvgIpc) is 2.33. The number of rotatable bonds is 4. The molecule has 0 aromatic heterocycles. The van der Waals surface area contributed by atoms with Gasteiger partial charge >= 0.3 is 0 Å². The van der Waals surface area contributed by atoms with E-state index >= 15 is 0 Å². The monoisotopic (exact) mass is 200 g/mol. The van der Waals surface area contributed by atoms with Gasteiger partial charge in [0.05, 0.1) is 13.0 Å². The maximum absolute atomic E-state index is 11.4. The molecule has 1 N–H and O–H groups in total. The second kappa shape index (κ2) is 4.52. The molecule has 1 aliphatic rings. The van der Waals surface area contributed by atoms with Crippen LogP contribution in [0.4, 0.5) is 0 Å². The van der Waals surface area contributed by atoms with Crippen LogP contribution in [0.1, 0.15) is 20.3 Å². The molecule has 1 rings (SSSR count). The van der Waals surface area contributed by atoms with Gasteiger partial charge in [-0.2, -0.15) is 5.48 Å². The molecule has 80 valence electrons. The molecule has 0 radical (unpaired) electrons. The Hall–Kier alpha value is -0.940. The second-order valence-corrected chi connectivity index (χ2v) is 3.87. The fraction of sp³-hybridized carbons (Fsp3) is 0.778. The van der Waals surface area contributed by atoms with Crippen LogP contribution in [-0.4, -0.2) is 36.4 Å². The number of nitrogens with zero attached hydrogens (tertiary/aromatic N) is 1. The van der Waals surface area contributed by atoms with Crippen LogP contribution in [0.25, 0.3) is 0 Å². The van der Waals surface area contributed by atoms with E-state index in [-0.39, 0.29) is 18.2 Å². The second-order valence-electron chi connectivity index (χ2n) is 3.87. The van der Waals surface area contributed by atoms with Gasteiger partial charge in [-0.3, -0.25) is 14.5 Å². The predicted octanol–water partition coefficient (Wildman–Crippen LogP) is -0.0791. The molecule has 14 heavy (non-hydrogen) atoms. The molecular formula is C9H16N2O3. The van der Waals surface area contributed by atoms with Gasteiger partial charge in [-0.15, -0.1) is 0 Å². The number of amides is 2. The van der Waals surface area contributed by atoms with Gasteiger partial charge in [0, 0.05) is 7.05 Å². The van der Waals surface area contributed by atoms with Crippen LogP contribution in [0.5, 0.6) is 0 Å². The third-order valence-electron chi connectivity index (χ3n) is 2.02. The number of carbonyl (C=O) groups excluding carboxylic acids is 2. The maximum Gasteiger partial charge on any atom is 0.248 e. The van der Waals surface area contributed by atoms with Crippen molar-refractivity contribution in [2.75, 3.05) is 13.7 Å². The summed E-state index contributed by atoms with van der Waals surface area (Å²) in [4.78, 5) is 28.7. The molecule has 1 saturated heterocycles. The van der Waals surface area contributed by atoms with E-state index in [0.29, 0.717) is 12.5 Å². The molecule has 2 amide bonds. The summed E-state index contributed by atoms with van der Waals surface area (Å²) in [5.74, 6) is 0.00633. The molecule has 0 saturated carbocycles. The van der Waals surface area contributed by atoms with Crippen LogP contribution in [0.3, 0.4) is 0 Å². The van der Waals surface area contributed by atoms with E-state index in [9.17, 15) is 9.59 Å². The zero-order chi connectivity index (χ0) is 10.7. The van der Waals surface area contributed by atoms with Crippen molar-refractivity contribution >= 4 is 11.8 Å². The molecule has 1 heterocycles. The van der Waals surface area contributed by atoms with Gasteiger partial charge in [0.1, 0.15) is 6.04 Å². The van der Waals surface area contributed by atoms with Crippen LogP contribution >= 0.6 is 0 Å². The number of hydrogen-bond acceptors (Lipinski definition) is 4. The minimum Gasteiger partial charge on any atom is -0.301 e. The number of likely N-dealkylation sites (tertiary alicyclic amines) is 1. The lowest BCUT2D eigenvalue weighted by molar-refractivity contribution is -0.138. The van der Waals surface area contributed by atoms with Gasteiger partial charge in [-0.1, -0.05) is 13.8 Å². The number of carbonyl (C=O) groups is 2. The van der Waals surface area contributed by atoms with Gasteiger partial charge < -0.3 is 4.84 Å². The molecule has 1 unspecified atom stereocenters. The highest BCUT2D eigenvalue weighted by atomic mass is 16.6. The molecule has 1 atom stereocenters. The quantitative estimate of drug-likeness (QED) is 0.509. The Kier molecular flexibility index (Phi) is 3.60. The molecule has 1 aliphatic heterocycles.